The number of hydrogen-bond donors (Lipinski definition) is 2. The monoisotopic (exact) mass is 636 g/mol. The minimum Gasteiger partial charge on any atom is -0.484 e. The minimum absolute atomic E-state index is 0.148. The van der Waals surface area contributed by atoms with Crippen molar-refractivity contribution in [1.82, 2.24) is 9.21 Å². The number of ether oxygens (including phenoxy) is 1. The molecule has 2 aromatic carbocycles. The van der Waals surface area contributed by atoms with Gasteiger partial charge in [-0.15, -0.1) is 0 Å². The van der Waals surface area contributed by atoms with Gasteiger partial charge in [0.15, 0.2) is 6.61 Å². The Bertz CT molecular complexity index is 1510. The van der Waals surface area contributed by atoms with Crippen LogP contribution in [0.3, 0.4) is 0 Å². The summed E-state index contributed by atoms with van der Waals surface area (Å²) in [4.78, 5) is 27.8. The maximum absolute atomic E-state index is 13.6. The number of aliphatic hydroxyl groups is 1. The summed E-state index contributed by atoms with van der Waals surface area (Å²) in [5.74, 6) is -1.30. The van der Waals surface area contributed by atoms with Crippen molar-refractivity contribution in [3.05, 3.63) is 59.2 Å². The van der Waals surface area contributed by atoms with Crippen LogP contribution < -0.4 is 10.1 Å². The SMILES string of the molecule is CS(=O)(=O)N1CCN(C(=O)COc2cccc(CC(O)(C(=O)Nc3ccc(C#N)c(C(F)(F)F)c3)C3CCCCC3)c2)CC1. The first kappa shape index (κ1) is 33.2. The van der Waals surface area contributed by atoms with E-state index in [1.807, 2.05) is 0 Å². The molecule has 1 saturated heterocycles. The Balaban J connectivity index is 1.47. The normalized spacial score (nSPS) is 18.2. The first-order valence-electron chi connectivity index (χ1n) is 14.3. The van der Waals surface area contributed by atoms with Gasteiger partial charge in [0.25, 0.3) is 11.8 Å². The summed E-state index contributed by atoms with van der Waals surface area (Å²) in [6.07, 6.45) is -0.194. The average molecular weight is 637 g/mol. The molecule has 238 valence electrons. The van der Waals surface area contributed by atoms with Crippen LogP contribution in [-0.4, -0.2) is 79.2 Å². The van der Waals surface area contributed by atoms with E-state index in [2.05, 4.69) is 5.32 Å². The summed E-state index contributed by atoms with van der Waals surface area (Å²) in [6, 6.07) is 10.9. The number of amides is 2. The molecular weight excluding hydrogens is 601 g/mol. The number of anilines is 1. The molecule has 14 heteroatoms. The van der Waals surface area contributed by atoms with Crippen molar-refractivity contribution < 1.29 is 41.0 Å². The van der Waals surface area contributed by atoms with Crippen molar-refractivity contribution >= 4 is 27.5 Å². The van der Waals surface area contributed by atoms with Gasteiger partial charge >= 0.3 is 6.18 Å². The van der Waals surface area contributed by atoms with Crippen molar-refractivity contribution in [2.45, 2.75) is 50.3 Å². The van der Waals surface area contributed by atoms with Crippen LogP contribution in [0.15, 0.2) is 42.5 Å². The van der Waals surface area contributed by atoms with E-state index in [0.717, 1.165) is 31.6 Å². The number of nitrogens with one attached hydrogen (secondary N) is 1. The van der Waals surface area contributed by atoms with Gasteiger partial charge in [-0.1, -0.05) is 31.4 Å². The average Bonchev–Trinajstić information content (AvgIpc) is 2.99. The van der Waals surface area contributed by atoms with E-state index >= 15 is 0 Å². The third-order valence-electron chi connectivity index (χ3n) is 8.17. The van der Waals surface area contributed by atoms with Gasteiger partial charge in [0.05, 0.1) is 23.5 Å². The van der Waals surface area contributed by atoms with Crippen LogP contribution in [0.4, 0.5) is 18.9 Å². The van der Waals surface area contributed by atoms with Crippen LogP contribution in [0.2, 0.25) is 0 Å². The number of nitriles is 1. The second-order valence-corrected chi connectivity index (χ2v) is 13.2. The Labute approximate surface area is 254 Å². The van der Waals surface area contributed by atoms with E-state index in [-0.39, 0.29) is 50.8 Å². The van der Waals surface area contributed by atoms with Crippen molar-refractivity contribution in [3.8, 4) is 11.8 Å². The zero-order valence-corrected chi connectivity index (χ0v) is 25.1. The number of carbonyl (C=O) groups is 2. The van der Waals surface area contributed by atoms with E-state index in [1.54, 1.807) is 24.3 Å². The smallest absolute Gasteiger partial charge is 0.417 e. The van der Waals surface area contributed by atoms with Crippen LogP contribution in [0.1, 0.15) is 48.8 Å². The van der Waals surface area contributed by atoms with Gasteiger partial charge in [-0.25, -0.2) is 8.42 Å². The fourth-order valence-electron chi connectivity index (χ4n) is 5.75. The molecule has 10 nitrogen and oxygen atoms in total. The van der Waals surface area contributed by atoms with Crippen molar-refractivity contribution in [1.29, 1.82) is 5.26 Å². The first-order valence-corrected chi connectivity index (χ1v) is 16.2. The maximum Gasteiger partial charge on any atom is 0.417 e. The number of rotatable bonds is 9. The highest BCUT2D eigenvalue weighted by molar-refractivity contribution is 7.88. The molecule has 1 saturated carbocycles. The molecule has 0 radical (unpaired) electrons. The lowest BCUT2D eigenvalue weighted by molar-refractivity contribution is -0.142. The summed E-state index contributed by atoms with van der Waals surface area (Å²) in [5.41, 5.74) is -3.39. The predicted octanol–water partition coefficient (Wildman–Crippen LogP) is 3.55. The maximum atomic E-state index is 13.6. The molecule has 44 heavy (non-hydrogen) atoms. The predicted molar refractivity (Wildman–Crippen MR) is 155 cm³/mol. The number of hydrogen-bond acceptors (Lipinski definition) is 7. The van der Waals surface area contributed by atoms with Crippen LogP contribution in [-0.2, 0) is 32.2 Å². The Kier molecular flexibility index (Phi) is 10.2. The lowest BCUT2D eigenvalue weighted by atomic mass is 9.73. The van der Waals surface area contributed by atoms with Crippen LogP contribution in [0.5, 0.6) is 5.75 Å². The van der Waals surface area contributed by atoms with Crippen molar-refractivity contribution in [2.24, 2.45) is 5.92 Å². The Hall–Kier alpha value is -3.67. The summed E-state index contributed by atoms with van der Waals surface area (Å²) in [5, 5.41) is 23.4. The van der Waals surface area contributed by atoms with Crippen molar-refractivity contribution in [3.63, 3.8) is 0 Å². The molecule has 2 amide bonds. The molecule has 4 rings (SSSR count). The second kappa shape index (κ2) is 13.5. The molecular formula is C30H35F3N4O6S. The topological polar surface area (TPSA) is 140 Å². The number of sulfonamides is 1. The number of carbonyl (C=O) groups excluding carboxylic acids is 2. The summed E-state index contributed by atoms with van der Waals surface area (Å²) < 4.78 is 71.0. The summed E-state index contributed by atoms with van der Waals surface area (Å²) in [7, 11) is -3.33. The van der Waals surface area contributed by atoms with Gasteiger partial charge in [-0.2, -0.15) is 22.7 Å². The van der Waals surface area contributed by atoms with Gasteiger partial charge in [0, 0.05) is 38.3 Å². The molecule has 1 aliphatic heterocycles. The number of halogens is 3. The number of nitrogens with zero attached hydrogens (tertiary/aromatic N) is 3. The fraction of sp³-hybridized carbons (Fsp3) is 0.500. The first-order chi connectivity index (χ1) is 20.7. The molecule has 2 fully saturated rings. The lowest BCUT2D eigenvalue weighted by Crippen LogP contribution is -2.51. The summed E-state index contributed by atoms with van der Waals surface area (Å²) >= 11 is 0. The van der Waals surface area contributed by atoms with E-state index < -0.39 is 44.8 Å². The zero-order chi connectivity index (χ0) is 32.1. The highest BCUT2D eigenvalue weighted by Gasteiger charge is 2.44. The van der Waals surface area contributed by atoms with Crippen LogP contribution >= 0.6 is 0 Å². The summed E-state index contributed by atoms with van der Waals surface area (Å²) in [6.45, 7) is 0.574. The molecule has 0 aromatic heterocycles. The van der Waals surface area contributed by atoms with E-state index in [0.29, 0.717) is 30.2 Å². The highest BCUT2D eigenvalue weighted by atomic mass is 32.2. The zero-order valence-electron chi connectivity index (χ0n) is 24.3. The van der Waals surface area contributed by atoms with Gasteiger partial charge in [-0.05, 0) is 54.7 Å². The third-order valence-corrected chi connectivity index (χ3v) is 9.47. The van der Waals surface area contributed by atoms with Gasteiger partial charge < -0.3 is 20.1 Å². The van der Waals surface area contributed by atoms with Gasteiger partial charge in [0.2, 0.25) is 10.0 Å². The molecule has 1 atom stereocenters. The molecule has 2 N–H and O–H groups in total. The van der Waals surface area contributed by atoms with Crippen molar-refractivity contribution in [2.75, 3.05) is 44.4 Å². The number of piperazine rings is 1. The minimum atomic E-state index is -4.81. The van der Waals surface area contributed by atoms with E-state index in [1.165, 1.54) is 21.3 Å². The molecule has 0 bridgehead atoms. The third kappa shape index (κ3) is 8.08. The molecule has 1 aliphatic carbocycles. The van der Waals surface area contributed by atoms with Crippen LogP contribution in [0.25, 0.3) is 0 Å². The molecule has 1 heterocycles. The molecule has 2 aliphatic rings. The molecule has 1 unspecified atom stereocenters. The van der Waals surface area contributed by atoms with Gasteiger partial charge in [0.1, 0.15) is 11.4 Å². The van der Waals surface area contributed by atoms with E-state index in [9.17, 15) is 36.3 Å². The largest absolute Gasteiger partial charge is 0.484 e. The fourth-order valence-corrected chi connectivity index (χ4v) is 6.57. The quantitative estimate of drug-likeness (QED) is 0.429. The van der Waals surface area contributed by atoms with E-state index in [4.69, 9.17) is 10.00 Å². The number of benzene rings is 2. The second-order valence-electron chi connectivity index (χ2n) is 11.2. The lowest BCUT2D eigenvalue weighted by Gasteiger charge is -2.37. The Morgan fingerprint density at radius 1 is 1.07 bits per heavy atom. The van der Waals surface area contributed by atoms with Gasteiger partial charge in [-0.3, -0.25) is 9.59 Å². The number of alkyl halides is 3. The Morgan fingerprint density at radius 3 is 2.36 bits per heavy atom. The standard InChI is InChI=1S/C30H35F3N4O6S/c1-44(41,42)37-14-12-36(13-15-37)27(38)20-43-25-9-5-6-21(16-25)18-29(40,23-7-3-2-4-8-23)28(39)35-24-11-10-22(19-34)26(17-24)30(31,32)33/h5-6,9-11,16-17,23,40H,2-4,7-8,12-15,18,20H2,1H3,(H,35,39). The highest BCUT2D eigenvalue weighted by Crippen LogP contribution is 2.38. The molecule has 0 spiro atoms. The molecule has 2 aromatic rings. The van der Waals surface area contributed by atoms with Crippen LogP contribution in [0, 0.1) is 17.2 Å². The Morgan fingerprint density at radius 2 is 1.75 bits per heavy atom.